The van der Waals surface area contributed by atoms with Crippen molar-refractivity contribution in [3.8, 4) is 0 Å². The Morgan fingerprint density at radius 2 is 2.14 bits per heavy atom. The minimum absolute atomic E-state index is 0.123. The highest BCUT2D eigenvalue weighted by molar-refractivity contribution is 6.30. The molecule has 1 aromatic rings. The number of amides is 1. The molecule has 0 aliphatic heterocycles. The maximum Gasteiger partial charge on any atom is 0.234 e. The molecule has 3 nitrogen and oxygen atoms in total. The summed E-state index contributed by atoms with van der Waals surface area (Å²) < 4.78 is 0. The fourth-order valence-corrected chi connectivity index (χ4v) is 3.24. The second-order valence-electron chi connectivity index (χ2n) is 6.24. The molecule has 0 bridgehead atoms. The van der Waals surface area contributed by atoms with E-state index in [-0.39, 0.29) is 5.91 Å². The molecule has 4 heteroatoms. The fraction of sp³-hybridized carbons (Fsp3) is 0.588. The first-order valence-electron chi connectivity index (χ1n) is 7.77. The van der Waals surface area contributed by atoms with Gasteiger partial charge in [-0.15, -0.1) is 0 Å². The fourth-order valence-electron chi connectivity index (χ4n) is 3.03. The SMILES string of the molecule is C[C@H]1CCCC[C@H]1NC(=O)CN(C)Cc1cccc(Cl)c1. The van der Waals surface area contributed by atoms with E-state index in [0.717, 1.165) is 23.6 Å². The number of benzene rings is 1. The summed E-state index contributed by atoms with van der Waals surface area (Å²) in [6.45, 7) is 3.39. The van der Waals surface area contributed by atoms with E-state index in [0.29, 0.717) is 18.5 Å². The van der Waals surface area contributed by atoms with Crippen LogP contribution >= 0.6 is 11.6 Å². The highest BCUT2D eigenvalue weighted by Crippen LogP contribution is 2.23. The van der Waals surface area contributed by atoms with Crippen molar-refractivity contribution in [3.05, 3.63) is 34.9 Å². The number of hydrogen-bond acceptors (Lipinski definition) is 2. The Kier molecular flexibility index (Phi) is 6.07. The van der Waals surface area contributed by atoms with Gasteiger partial charge in [-0.1, -0.05) is 43.5 Å². The van der Waals surface area contributed by atoms with Crippen molar-refractivity contribution < 1.29 is 4.79 Å². The third-order valence-electron chi connectivity index (χ3n) is 4.21. The summed E-state index contributed by atoms with van der Waals surface area (Å²) in [4.78, 5) is 14.2. The smallest absolute Gasteiger partial charge is 0.234 e. The van der Waals surface area contributed by atoms with E-state index in [9.17, 15) is 4.79 Å². The van der Waals surface area contributed by atoms with E-state index >= 15 is 0 Å². The van der Waals surface area contributed by atoms with Crippen molar-refractivity contribution in [2.45, 2.75) is 45.2 Å². The van der Waals surface area contributed by atoms with Crippen LogP contribution in [0.1, 0.15) is 38.2 Å². The van der Waals surface area contributed by atoms with Crippen LogP contribution < -0.4 is 5.32 Å². The first-order chi connectivity index (χ1) is 10.0. The predicted molar refractivity (Wildman–Crippen MR) is 87.3 cm³/mol. The van der Waals surface area contributed by atoms with Gasteiger partial charge in [-0.25, -0.2) is 0 Å². The van der Waals surface area contributed by atoms with Crippen molar-refractivity contribution in [1.82, 2.24) is 10.2 Å². The van der Waals surface area contributed by atoms with Crippen LogP contribution in [0, 0.1) is 5.92 Å². The molecule has 1 saturated carbocycles. The summed E-state index contributed by atoms with van der Waals surface area (Å²) in [7, 11) is 1.96. The molecule has 1 amide bonds. The Morgan fingerprint density at radius 1 is 1.38 bits per heavy atom. The monoisotopic (exact) mass is 308 g/mol. The maximum atomic E-state index is 12.1. The van der Waals surface area contributed by atoms with Crippen LogP contribution in [0.4, 0.5) is 0 Å². The van der Waals surface area contributed by atoms with Crippen molar-refractivity contribution in [1.29, 1.82) is 0 Å². The molecule has 0 radical (unpaired) electrons. The molecule has 2 atom stereocenters. The molecule has 1 N–H and O–H groups in total. The van der Waals surface area contributed by atoms with E-state index < -0.39 is 0 Å². The topological polar surface area (TPSA) is 32.3 Å². The number of nitrogens with one attached hydrogen (secondary N) is 1. The number of hydrogen-bond donors (Lipinski definition) is 1. The van der Waals surface area contributed by atoms with Gasteiger partial charge < -0.3 is 5.32 Å². The van der Waals surface area contributed by atoms with Crippen molar-refractivity contribution in [2.75, 3.05) is 13.6 Å². The van der Waals surface area contributed by atoms with E-state index in [1.165, 1.54) is 19.3 Å². The van der Waals surface area contributed by atoms with Gasteiger partial charge in [0.25, 0.3) is 0 Å². The molecular formula is C17H25ClN2O. The van der Waals surface area contributed by atoms with Gasteiger partial charge in [0.15, 0.2) is 0 Å². The zero-order chi connectivity index (χ0) is 15.2. The molecule has 0 unspecified atom stereocenters. The highest BCUT2D eigenvalue weighted by Gasteiger charge is 2.22. The van der Waals surface area contributed by atoms with Crippen molar-refractivity contribution in [2.24, 2.45) is 5.92 Å². The minimum Gasteiger partial charge on any atom is -0.352 e. The highest BCUT2D eigenvalue weighted by atomic mass is 35.5. The number of likely N-dealkylation sites (N-methyl/N-ethyl adjacent to an activating group) is 1. The third kappa shape index (κ3) is 5.33. The van der Waals surface area contributed by atoms with Crippen LogP contribution in [-0.4, -0.2) is 30.4 Å². The van der Waals surface area contributed by atoms with Crippen LogP contribution in [0.3, 0.4) is 0 Å². The molecule has 1 aliphatic carbocycles. The number of nitrogens with zero attached hydrogens (tertiary/aromatic N) is 1. The molecule has 0 aromatic heterocycles. The first-order valence-corrected chi connectivity index (χ1v) is 8.15. The lowest BCUT2D eigenvalue weighted by Gasteiger charge is -2.30. The normalized spacial score (nSPS) is 22.3. The van der Waals surface area contributed by atoms with Gasteiger partial charge >= 0.3 is 0 Å². The van der Waals surface area contributed by atoms with Gasteiger partial charge in [0.2, 0.25) is 5.91 Å². The number of halogens is 1. The molecule has 116 valence electrons. The molecule has 0 spiro atoms. The largest absolute Gasteiger partial charge is 0.352 e. The predicted octanol–water partition coefficient (Wildman–Crippen LogP) is 3.47. The van der Waals surface area contributed by atoms with Gasteiger partial charge in [0.05, 0.1) is 6.54 Å². The van der Waals surface area contributed by atoms with Crippen LogP contribution in [0.25, 0.3) is 0 Å². The average Bonchev–Trinajstić information content (AvgIpc) is 2.41. The summed E-state index contributed by atoms with van der Waals surface area (Å²) >= 11 is 5.98. The van der Waals surface area contributed by atoms with Crippen molar-refractivity contribution >= 4 is 17.5 Å². The molecule has 0 saturated heterocycles. The van der Waals surface area contributed by atoms with E-state index in [1.54, 1.807) is 0 Å². The Balaban J connectivity index is 1.79. The lowest BCUT2D eigenvalue weighted by molar-refractivity contribution is -0.123. The second-order valence-corrected chi connectivity index (χ2v) is 6.67. The van der Waals surface area contributed by atoms with Gasteiger partial charge in [0, 0.05) is 17.6 Å². The second kappa shape index (κ2) is 7.81. The molecule has 1 aromatic carbocycles. The lowest BCUT2D eigenvalue weighted by Crippen LogP contribution is -2.44. The Bertz CT molecular complexity index is 478. The van der Waals surface area contributed by atoms with Gasteiger partial charge in [0.1, 0.15) is 0 Å². The standard InChI is InChI=1S/C17H25ClN2O/c1-13-6-3-4-9-16(13)19-17(21)12-20(2)11-14-7-5-8-15(18)10-14/h5,7-8,10,13,16H,3-4,6,9,11-12H2,1-2H3,(H,19,21)/t13-,16+/m0/s1. The van der Waals surface area contributed by atoms with Gasteiger partial charge in [-0.2, -0.15) is 0 Å². The van der Waals surface area contributed by atoms with Crippen molar-refractivity contribution in [3.63, 3.8) is 0 Å². The summed E-state index contributed by atoms with van der Waals surface area (Å²) in [5.41, 5.74) is 1.13. The summed E-state index contributed by atoms with van der Waals surface area (Å²) in [6, 6.07) is 8.13. The molecular weight excluding hydrogens is 284 g/mol. The first kappa shape index (κ1) is 16.3. The van der Waals surface area contributed by atoms with E-state index in [4.69, 9.17) is 11.6 Å². The summed E-state index contributed by atoms with van der Waals surface area (Å²) in [6.07, 6.45) is 4.87. The minimum atomic E-state index is 0.123. The number of carbonyl (C=O) groups excluding carboxylic acids is 1. The number of carbonyl (C=O) groups is 1. The number of rotatable bonds is 5. The molecule has 1 fully saturated rings. The molecule has 1 aliphatic rings. The third-order valence-corrected chi connectivity index (χ3v) is 4.45. The van der Waals surface area contributed by atoms with Gasteiger partial charge in [-0.3, -0.25) is 9.69 Å². The van der Waals surface area contributed by atoms with E-state index in [1.807, 2.05) is 36.2 Å². The van der Waals surface area contributed by atoms with Crippen LogP contribution in [-0.2, 0) is 11.3 Å². The van der Waals surface area contributed by atoms with Gasteiger partial charge in [-0.05, 0) is 43.5 Å². The summed E-state index contributed by atoms with van der Waals surface area (Å²) in [5, 5.41) is 3.93. The molecule has 0 heterocycles. The lowest BCUT2D eigenvalue weighted by atomic mass is 9.86. The maximum absolute atomic E-state index is 12.1. The van der Waals surface area contributed by atoms with Crippen LogP contribution in [0.5, 0.6) is 0 Å². The average molecular weight is 309 g/mol. The Morgan fingerprint density at radius 3 is 2.86 bits per heavy atom. The zero-order valence-electron chi connectivity index (χ0n) is 12.9. The summed E-state index contributed by atoms with van der Waals surface area (Å²) in [5.74, 6) is 0.721. The zero-order valence-corrected chi connectivity index (χ0v) is 13.7. The Hall–Kier alpha value is -1.06. The Labute approximate surface area is 132 Å². The molecule has 21 heavy (non-hydrogen) atoms. The van der Waals surface area contributed by atoms with Crippen LogP contribution in [0.2, 0.25) is 5.02 Å². The quantitative estimate of drug-likeness (QED) is 0.903. The van der Waals surface area contributed by atoms with Crippen LogP contribution in [0.15, 0.2) is 24.3 Å². The van der Waals surface area contributed by atoms with E-state index in [2.05, 4.69) is 12.2 Å². The molecule has 2 rings (SSSR count).